The molecule has 38 heavy (non-hydrogen) atoms. The van der Waals surface area contributed by atoms with Crippen LogP contribution >= 0.6 is 0 Å². The van der Waals surface area contributed by atoms with E-state index in [2.05, 4.69) is 6.92 Å². The molecule has 7 atom stereocenters. The van der Waals surface area contributed by atoms with E-state index in [1.165, 1.54) is 4.90 Å². The lowest BCUT2D eigenvalue weighted by Gasteiger charge is -2.41. The Hall–Kier alpha value is -2.97. The molecule has 1 aromatic carbocycles. The third-order valence-corrected chi connectivity index (χ3v) is 8.65. The summed E-state index contributed by atoms with van der Waals surface area (Å²) in [6, 6.07) is 7.36. The average Bonchev–Trinajstić information content (AvgIpc) is 3.25. The van der Waals surface area contributed by atoms with Crippen molar-refractivity contribution >= 4 is 17.8 Å². The minimum absolute atomic E-state index is 0.0494. The van der Waals surface area contributed by atoms with Crippen LogP contribution in [0.1, 0.15) is 58.1 Å². The van der Waals surface area contributed by atoms with Crippen LogP contribution in [-0.2, 0) is 23.9 Å². The maximum absolute atomic E-state index is 14.5. The van der Waals surface area contributed by atoms with Gasteiger partial charge in [0.15, 0.2) is 0 Å². The van der Waals surface area contributed by atoms with Crippen molar-refractivity contribution in [2.45, 2.75) is 75.8 Å². The first-order chi connectivity index (χ1) is 18.3. The number of carbonyl (C=O) groups excluding carboxylic acids is 3. The molecule has 4 aliphatic heterocycles. The zero-order valence-electron chi connectivity index (χ0n) is 22.4. The SMILES string of the molecule is CCCC(C)N1CC=C[C@]23O[C@]4(C)/C=C\CCCOC(=O)[C@@H]4[C@H]2C(=O)N([C@H](CO)c2ccccc2)C3C1=O. The van der Waals surface area contributed by atoms with Gasteiger partial charge < -0.3 is 24.4 Å². The van der Waals surface area contributed by atoms with E-state index in [9.17, 15) is 19.5 Å². The molecule has 2 amide bonds. The predicted molar refractivity (Wildman–Crippen MR) is 141 cm³/mol. The van der Waals surface area contributed by atoms with Crippen LogP contribution in [0.25, 0.3) is 0 Å². The number of ether oxygens (including phenoxy) is 2. The first-order valence-corrected chi connectivity index (χ1v) is 13.8. The molecule has 1 N–H and O–H groups in total. The highest BCUT2D eigenvalue weighted by atomic mass is 16.6. The molecule has 0 bridgehead atoms. The van der Waals surface area contributed by atoms with Crippen molar-refractivity contribution in [3.8, 4) is 0 Å². The number of amides is 2. The molecular weight excluding hydrogens is 484 g/mol. The predicted octanol–water partition coefficient (Wildman–Crippen LogP) is 3.17. The van der Waals surface area contributed by atoms with Crippen molar-refractivity contribution in [2.75, 3.05) is 19.8 Å². The molecule has 8 nitrogen and oxygen atoms in total. The number of hydrogen-bond donors (Lipinski definition) is 1. The Morgan fingerprint density at radius 1 is 1.08 bits per heavy atom. The van der Waals surface area contributed by atoms with Gasteiger partial charge in [-0.05, 0) is 38.7 Å². The Kier molecular flexibility index (Phi) is 7.22. The van der Waals surface area contributed by atoms with Gasteiger partial charge in [-0.25, -0.2) is 0 Å². The fourth-order valence-corrected chi connectivity index (χ4v) is 6.93. The molecule has 2 fully saturated rings. The zero-order chi connectivity index (χ0) is 27.1. The van der Waals surface area contributed by atoms with E-state index >= 15 is 0 Å². The van der Waals surface area contributed by atoms with E-state index in [1.54, 1.807) is 4.90 Å². The Morgan fingerprint density at radius 3 is 2.55 bits per heavy atom. The molecule has 4 aliphatic rings. The number of aliphatic hydroxyl groups is 1. The Bertz CT molecular complexity index is 1130. The van der Waals surface area contributed by atoms with Gasteiger partial charge in [0.2, 0.25) is 11.8 Å². The van der Waals surface area contributed by atoms with Gasteiger partial charge in [0.05, 0.1) is 30.8 Å². The van der Waals surface area contributed by atoms with Gasteiger partial charge in [-0.15, -0.1) is 0 Å². The number of rotatable bonds is 6. The molecule has 0 radical (unpaired) electrons. The van der Waals surface area contributed by atoms with Gasteiger partial charge in [-0.1, -0.05) is 68.0 Å². The molecule has 5 rings (SSSR count). The number of cyclic esters (lactones) is 1. The Morgan fingerprint density at radius 2 is 1.84 bits per heavy atom. The zero-order valence-corrected chi connectivity index (χ0v) is 22.4. The van der Waals surface area contributed by atoms with Gasteiger partial charge in [0, 0.05) is 12.6 Å². The van der Waals surface area contributed by atoms with Crippen molar-refractivity contribution in [2.24, 2.45) is 11.8 Å². The van der Waals surface area contributed by atoms with Crippen LogP contribution < -0.4 is 0 Å². The normalized spacial score (nSPS) is 35.3. The van der Waals surface area contributed by atoms with Crippen molar-refractivity contribution in [3.63, 3.8) is 0 Å². The molecular formula is C30H38N2O6. The second-order valence-electron chi connectivity index (χ2n) is 11.1. The number of nitrogens with zero attached hydrogens (tertiary/aromatic N) is 2. The van der Waals surface area contributed by atoms with Crippen LogP contribution in [0.2, 0.25) is 0 Å². The van der Waals surface area contributed by atoms with Gasteiger partial charge in [-0.3, -0.25) is 14.4 Å². The minimum Gasteiger partial charge on any atom is -0.465 e. The maximum atomic E-state index is 14.5. The standard InChI is InChI=1S/C30H38N2O6/c1-4-12-20(2)31-17-11-16-30-23(24-28(36)37-18-10-6-9-15-29(24,3)38-30)26(34)32(25(30)27(31)35)22(19-33)21-13-7-5-8-14-21/h5,7-9,11,13-16,20,22-25,33H,4,6,10,12,17-19H2,1-3H3/b15-9-/t20?,22-,23+,24+,25?,29-,30+/m1/s1. The van der Waals surface area contributed by atoms with E-state index in [4.69, 9.17) is 9.47 Å². The van der Waals surface area contributed by atoms with E-state index in [1.807, 2.05) is 68.5 Å². The topological polar surface area (TPSA) is 96.4 Å². The number of benzene rings is 1. The van der Waals surface area contributed by atoms with E-state index in [0.29, 0.717) is 18.5 Å². The Labute approximate surface area is 224 Å². The van der Waals surface area contributed by atoms with Gasteiger partial charge in [-0.2, -0.15) is 0 Å². The lowest BCUT2D eigenvalue weighted by Crippen LogP contribution is -2.58. The number of fused-ring (bicyclic) bond motifs is 2. The monoisotopic (exact) mass is 522 g/mol. The average molecular weight is 523 g/mol. The maximum Gasteiger partial charge on any atom is 0.313 e. The summed E-state index contributed by atoms with van der Waals surface area (Å²) >= 11 is 0. The molecule has 1 spiro atoms. The molecule has 1 aromatic rings. The van der Waals surface area contributed by atoms with E-state index in [-0.39, 0.29) is 31.1 Å². The van der Waals surface area contributed by atoms with Crippen LogP contribution in [0.4, 0.5) is 0 Å². The van der Waals surface area contributed by atoms with Crippen LogP contribution in [0.15, 0.2) is 54.6 Å². The molecule has 4 heterocycles. The number of allylic oxidation sites excluding steroid dienone is 1. The van der Waals surface area contributed by atoms with Crippen LogP contribution in [0.3, 0.4) is 0 Å². The molecule has 2 saturated heterocycles. The number of likely N-dealkylation sites (tertiary alicyclic amines) is 1. The van der Waals surface area contributed by atoms with Crippen molar-refractivity contribution < 1.29 is 29.0 Å². The molecule has 0 saturated carbocycles. The molecule has 0 aromatic heterocycles. The summed E-state index contributed by atoms with van der Waals surface area (Å²) in [6.07, 6.45) is 10.7. The first-order valence-electron chi connectivity index (χ1n) is 13.8. The summed E-state index contributed by atoms with van der Waals surface area (Å²) in [5, 5.41) is 10.6. The third kappa shape index (κ3) is 4.09. The molecule has 204 valence electrons. The summed E-state index contributed by atoms with van der Waals surface area (Å²) in [5.41, 5.74) is -1.78. The molecule has 2 unspecified atom stereocenters. The van der Waals surface area contributed by atoms with Gasteiger partial charge in [0.25, 0.3) is 0 Å². The summed E-state index contributed by atoms with van der Waals surface area (Å²) < 4.78 is 12.5. The smallest absolute Gasteiger partial charge is 0.313 e. The summed E-state index contributed by atoms with van der Waals surface area (Å²) in [4.78, 5) is 45.8. The third-order valence-electron chi connectivity index (χ3n) is 8.65. The lowest BCUT2D eigenvalue weighted by atomic mass is 9.74. The fraction of sp³-hybridized carbons (Fsp3) is 0.567. The second kappa shape index (κ2) is 10.3. The second-order valence-corrected chi connectivity index (χ2v) is 11.1. The van der Waals surface area contributed by atoms with Gasteiger partial charge >= 0.3 is 5.97 Å². The van der Waals surface area contributed by atoms with Crippen molar-refractivity contribution in [3.05, 3.63) is 60.2 Å². The van der Waals surface area contributed by atoms with Crippen molar-refractivity contribution in [1.82, 2.24) is 9.80 Å². The van der Waals surface area contributed by atoms with Gasteiger partial charge in [0.1, 0.15) is 17.6 Å². The quantitative estimate of drug-likeness (QED) is 0.456. The highest BCUT2D eigenvalue weighted by molar-refractivity contribution is 5.99. The number of hydrogen-bond acceptors (Lipinski definition) is 6. The molecule has 0 aliphatic carbocycles. The number of carbonyl (C=O) groups is 3. The van der Waals surface area contributed by atoms with Crippen LogP contribution in [0, 0.1) is 11.8 Å². The first kappa shape index (κ1) is 26.6. The number of aliphatic hydroxyl groups excluding tert-OH is 1. The van der Waals surface area contributed by atoms with Crippen molar-refractivity contribution in [1.29, 1.82) is 0 Å². The summed E-state index contributed by atoms with van der Waals surface area (Å²) in [7, 11) is 0. The highest BCUT2D eigenvalue weighted by Gasteiger charge is 2.75. The minimum atomic E-state index is -1.38. The summed E-state index contributed by atoms with van der Waals surface area (Å²) in [6.45, 7) is 6.17. The molecule has 8 heteroatoms. The summed E-state index contributed by atoms with van der Waals surface area (Å²) in [5.74, 6) is -2.99. The number of esters is 1. The van der Waals surface area contributed by atoms with Crippen LogP contribution in [-0.4, -0.2) is 75.7 Å². The van der Waals surface area contributed by atoms with E-state index in [0.717, 1.165) is 19.3 Å². The Balaban J connectivity index is 1.69. The highest BCUT2D eigenvalue weighted by Crippen LogP contribution is 2.58. The lowest BCUT2D eigenvalue weighted by molar-refractivity contribution is -0.162. The van der Waals surface area contributed by atoms with E-state index < -0.39 is 41.1 Å². The fourth-order valence-electron chi connectivity index (χ4n) is 6.93. The van der Waals surface area contributed by atoms with Crippen LogP contribution in [0.5, 0.6) is 0 Å². The largest absolute Gasteiger partial charge is 0.465 e.